The van der Waals surface area contributed by atoms with Crippen LogP contribution in [-0.4, -0.2) is 18.2 Å². The Labute approximate surface area is 105 Å². The van der Waals surface area contributed by atoms with Crippen molar-refractivity contribution in [2.45, 2.75) is 19.3 Å². The number of ether oxygens (including phenoxy) is 2. The standard InChI is InChI=1S/C12H14FNO2S/c1-7(4-12(14)17)8-5-10-11(6-9(8)13)16-3-2-15-10/h5-7H,2-4H2,1H3,(H2,14,17). The molecule has 2 rings (SSSR count). The van der Waals surface area contributed by atoms with Crippen LogP contribution in [0.5, 0.6) is 11.5 Å². The van der Waals surface area contributed by atoms with Crippen molar-refractivity contribution in [2.24, 2.45) is 5.73 Å². The van der Waals surface area contributed by atoms with Crippen LogP contribution >= 0.6 is 12.2 Å². The van der Waals surface area contributed by atoms with E-state index in [-0.39, 0.29) is 11.7 Å². The van der Waals surface area contributed by atoms with Crippen LogP contribution in [0.1, 0.15) is 24.8 Å². The van der Waals surface area contributed by atoms with Crippen molar-refractivity contribution < 1.29 is 13.9 Å². The molecule has 0 saturated carbocycles. The summed E-state index contributed by atoms with van der Waals surface area (Å²) in [6, 6.07) is 3.03. The molecule has 1 atom stereocenters. The van der Waals surface area contributed by atoms with Gasteiger partial charge in [0.2, 0.25) is 0 Å². The molecule has 92 valence electrons. The van der Waals surface area contributed by atoms with Crippen LogP contribution in [0, 0.1) is 5.82 Å². The third-order valence-corrected chi connectivity index (χ3v) is 2.87. The van der Waals surface area contributed by atoms with Gasteiger partial charge in [-0.15, -0.1) is 0 Å². The molecule has 2 N–H and O–H groups in total. The summed E-state index contributed by atoms with van der Waals surface area (Å²) in [6.45, 7) is 2.82. The quantitative estimate of drug-likeness (QED) is 0.842. The van der Waals surface area contributed by atoms with Crippen molar-refractivity contribution in [3.8, 4) is 11.5 Å². The first kappa shape index (κ1) is 12.1. The van der Waals surface area contributed by atoms with E-state index in [1.165, 1.54) is 6.07 Å². The molecule has 1 aliphatic heterocycles. The summed E-state index contributed by atoms with van der Waals surface area (Å²) in [7, 11) is 0. The van der Waals surface area contributed by atoms with E-state index in [0.717, 1.165) is 0 Å². The van der Waals surface area contributed by atoms with Crippen molar-refractivity contribution in [2.75, 3.05) is 13.2 Å². The highest BCUT2D eigenvalue weighted by Crippen LogP contribution is 2.35. The van der Waals surface area contributed by atoms with Gasteiger partial charge in [0.15, 0.2) is 11.5 Å². The van der Waals surface area contributed by atoms with Crippen LogP contribution in [0.3, 0.4) is 0 Å². The second kappa shape index (κ2) is 4.87. The lowest BCUT2D eigenvalue weighted by Crippen LogP contribution is -2.17. The molecule has 0 fully saturated rings. The summed E-state index contributed by atoms with van der Waals surface area (Å²) >= 11 is 4.84. The highest BCUT2D eigenvalue weighted by Gasteiger charge is 2.19. The van der Waals surface area contributed by atoms with Gasteiger partial charge < -0.3 is 15.2 Å². The Morgan fingerprint density at radius 2 is 2.00 bits per heavy atom. The number of rotatable bonds is 3. The largest absolute Gasteiger partial charge is 0.486 e. The van der Waals surface area contributed by atoms with Gasteiger partial charge in [-0.05, 0) is 17.5 Å². The van der Waals surface area contributed by atoms with E-state index in [4.69, 9.17) is 27.4 Å². The van der Waals surface area contributed by atoms with Gasteiger partial charge in [0.05, 0.1) is 4.99 Å². The third-order valence-electron chi connectivity index (χ3n) is 2.70. The summed E-state index contributed by atoms with van der Waals surface area (Å²) in [6.07, 6.45) is 0.478. The zero-order valence-corrected chi connectivity index (χ0v) is 10.3. The van der Waals surface area contributed by atoms with E-state index in [2.05, 4.69) is 0 Å². The molecule has 0 bridgehead atoms. The lowest BCUT2D eigenvalue weighted by atomic mass is 9.96. The van der Waals surface area contributed by atoms with Crippen molar-refractivity contribution in [1.29, 1.82) is 0 Å². The SMILES string of the molecule is CC(CC(N)=S)c1cc2c(cc1F)OCCO2. The minimum atomic E-state index is -0.307. The molecule has 1 aromatic rings. The highest BCUT2D eigenvalue weighted by molar-refractivity contribution is 7.80. The van der Waals surface area contributed by atoms with Crippen LogP contribution in [0.15, 0.2) is 12.1 Å². The van der Waals surface area contributed by atoms with Crippen LogP contribution in [0.4, 0.5) is 4.39 Å². The van der Waals surface area contributed by atoms with Crippen molar-refractivity contribution in [3.63, 3.8) is 0 Å². The van der Waals surface area contributed by atoms with Crippen LogP contribution in [0.2, 0.25) is 0 Å². The number of hydrogen-bond donors (Lipinski definition) is 1. The first-order valence-electron chi connectivity index (χ1n) is 5.45. The highest BCUT2D eigenvalue weighted by atomic mass is 32.1. The molecule has 0 amide bonds. The van der Waals surface area contributed by atoms with Crippen molar-refractivity contribution in [1.82, 2.24) is 0 Å². The average Bonchev–Trinajstić information content (AvgIpc) is 2.27. The van der Waals surface area contributed by atoms with Gasteiger partial charge in [0, 0.05) is 12.5 Å². The van der Waals surface area contributed by atoms with Gasteiger partial charge in [-0.25, -0.2) is 4.39 Å². The third kappa shape index (κ3) is 2.66. The van der Waals surface area contributed by atoms with Crippen LogP contribution < -0.4 is 15.2 Å². The Bertz CT molecular complexity index is 450. The van der Waals surface area contributed by atoms with E-state index in [1.54, 1.807) is 6.07 Å². The van der Waals surface area contributed by atoms with Gasteiger partial charge in [-0.2, -0.15) is 0 Å². The van der Waals surface area contributed by atoms with E-state index < -0.39 is 0 Å². The zero-order chi connectivity index (χ0) is 12.4. The fourth-order valence-corrected chi connectivity index (χ4v) is 2.12. The summed E-state index contributed by atoms with van der Waals surface area (Å²) in [4.78, 5) is 0.381. The maximum absolute atomic E-state index is 13.9. The maximum Gasteiger partial charge on any atom is 0.164 e. The summed E-state index contributed by atoms with van der Waals surface area (Å²) in [5.74, 6) is 0.670. The Balaban J connectivity index is 2.31. The predicted molar refractivity (Wildman–Crippen MR) is 67.2 cm³/mol. The first-order chi connectivity index (χ1) is 8.08. The molecule has 0 aromatic heterocycles. The Morgan fingerprint density at radius 1 is 1.41 bits per heavy atom. The number of nitrogens with two attached hydrogens (primary N) is 1. The molecule has 17 heavy (non-hydrogen) atoms. The maximum atomic E-state index is 13.9. The number of halogens is 1. The predicted octanol–water partition coefficient (Wildman–Crippen LogP) is 2.38. The second-order valence-corrected chi connectivity index (χ2v) is 4.61. The molecule has 1 aromatic carbocycles. The molecule has 0 saturated heterocycles. The second-order valence-electron chi connectivity index (χ2n) is 4.09. The smallest absolute Gasteiger partial charge is 0.164 e. The number of benzene rings is 1. The number of thiocarbonyl (C=S) groups is 1. The molecule has 1 unspecified atom stereocenters. The minimum Gasteiger partial charge on any atom is -0.486 e. The monoisotopic (exact) mass is 255 g/mol. The lowest BCUT2D eigenvalue weighted by molar-refractivity contribution is 0.170. The summed E-state index contributed by atoms with van der Waals surface area (Å²) in [5, 5.41) is 0. The van der Waals surface area contributed by atoms with Crippen LogP contribution in [0.25, 0.3) is 0 Å². The van der Waals surface area contributed by atoms with E-state index in [9.17, 15) is 4.39 Å². The zero-order valence-electron chi connectivity index (χ0n) is 9.53. The van der Waals surface area contributed by atoms with Crippen molar-refractivity contribution >= 4 is 17.2 Å². The normalized spacial score (nSPS) is 15.4. The molecule has 1 aliphatic rings. The molecule has 3 nitrogen and oxygen atoms in total. The molecule has 5 heteroatoms. The van der Waals surface area contributed by atoms with Crippen molar-refractivity contribution in [3.05, 3.63) is 23.5 Å². The lowest BCUT2D eigenvalue weighted by Gasteiger charge is -2.21. The Kier molecular flexibility index (Phi) is 3.47. The first-order valence-corrected chi connectivity index (χ1v) is 5.86. The van der Waals surface area contributed by atoms with E-state index in [1.807, 2.05) is 6.92 Å². The number of fused-ring (bicyclic) bond motifs is 1. The van der Waals surface area contributed by atoms with Gasteiger partial charge in [-0.3, -0.25) is 0 Å². The number of hydrogen-bond acceptors (Lipinski definition) is 3. The average molecular weight is 255 g/mol. The van der Waals surface area contributed by atoms with Gasteiger partial charge in [0.25, 0.3) is 0 Å². The van der Waals surface area contributed by atoms with Crippen LogP contribution in [-0.2, 0) is 0 Å². The molecule has 0 spiro atoms. The summed E-state index contributed by atoms with van der Waals surface area (Å²) in [5.41, 5.74) is 6.03. The molecular formula is C12H14FNO2S. The molecule has 1 heterocycles. The Hall–Kier alpha value is -1.36. The molecule has 0 radical (unpaired) electrons. The van der Waals surface area contributed by atoms with E-state index >= 15 is 0 Å². The fraction of sp³-hybridized carbons (Fsp3) is 0.417. The van der Waals surface area contributed by atoms with E-state index in [0.29, 0.717) is 41.7 Å². The summed E-state index contributed by atoms with van der Waals surface area (Å²) < 4.78 is 24.6. The Morgan fingerprint density at radius 3 is 2.59 bits per heavy atom. The van der Waals surface area contributed by atoms with Gasteiger partial charge in [-0.1, -0.05) is 19.1 Å². The van der Waals surface area contributed by atoms with Gasteiger partial charge in [0.1, 0.15) is 19.0 Å². The molecular weight excluding hydrogens is 241 g/mol. The fourth-order valence-electron chi connectivity index (χ4n) is 1.87. The minimum absolute atomic E-state index is 0.0664. The topological polar surface area (TPSA) is 44.5 Å². The molecule has 0 aliphatic carbocycles. The van der Waals surface area contributed by atoms with Gasteiger partial charge >= 0.3 is 0 Å².